The van der Waals surface area contributed by atoms with Crippen molar-refractivity contribution in [3.05, 3.63) is 40.9 Å². The number of amides is 2. The molecule has 1 aliphatic carbocycles. The molecule has 2 heterocycles. The van der Waals surface area contributed by atoms with Crippen LogP contribution in [-0.2, 0) is 16.1 Å². The maximum absolute atomic E-state index is 12.6. The van der Waals surface area contributed by atoms with Crippen LogP contribution in [0.15, 0.2) is 39.8 Å². The quantitative estimate of drug-likeness (QED) is 0.675. The van der Waals surface area contributed by atoms with Gasteiger partial charge in [0.2, 0.25) is 17.4 Å². The van der Waals surface area contributed by atoms with Crippen molar-refractivity contribution in [1.29, 1.82) is 0 Å². The predicted molar refractivity (Wildman–Crippen MR) is 104 cm³/mol. The summed E-state index contributed by atoms with van der Waals surface area (Å²) in [4.78, 5) is 40.9. The number of benzene rings is 1. The summed E-state index contributed by atoms with van der Waals surface area (Å²) in [6.45, 7) is 0.0511. The van der Waals surface area contributed by atoms with Crippen molar-refractivity contribution in [2.75, 3.05) is 6.54 Å². The Bertz CT molecular complexity index is 1080. The van der Waals surface area contributed by atoms with E-state index in [0.29, 0.717) is 11.1 Å². The van der Waals surface area contributed by atoms with Crippen LogP contribution in [0.1, 0.15) is 32.1 Å². The number of furan rings is 1. The fourth-order valence-corrected chi connectivity index (χ4v) is 3.62. The van der Waals surface area contributed by atoms with Gasteiger partial charge in [0.1, 0.15) is 17.6 Å². The highest BCUT2D eigenvalue weighted by molar-refractivity contribution is 6.01. The van der Waals surface area contributed by atoms with E-state index >= 15 is 0 Å². The first-order valence-electron chi connectivity index (χ1n) is 9.54. The Labute approximate surface area is 160 Å². The van der Waals surface area contributed by atoms with Crippen molar-refractivity contribution in [1.82, 2.24) is 20.2 Å². The van der Waals surface area contributed by atoms with E-state index in [4.69, 9.17) is 4.42 Å². The van der Waals surface area contributed by atoms with E-state index in [9.17, 15) is 14.4 Å². The molecule has 2 aromatic heterocycles. The van der Waals surface area contributed by atoms with Gasteiger partial charge in [-0.1, -0.05) is 25.0 Å². The molecule has 1 aromatic carbocycles. The van der Waals surface area contributed by atoms with Crippen molar-refractivity contribution in [2.24, 2.45) is 0 Å². The summed E-state index contributed by atoms with van der Waals surface area (Å²) in [7, 11) is 0. The zero-order valence-corrected chi connectivity index (χ0v) is 15.4. The molecule has 2 amide bonds. The zero-order valence-electron chi connectivity index (χ0n) is 15.4. The molecule has 4 rings (SSSR count). The average molecular weight is 382 g/mol. The molecule has 146 valence electrons. The number of nitrogens with zero attached hydrogens (tertiary/aromatic N) is 2. The standard InChI is InChI=1S/C20H22N4O4/c25-16(23-13-5-1-2-6-13)9-10-21-17(26)11-24-12-22-18-14-7-3-4-8-15(14)28-19(18)20(24)27/h3-4,7-8,12-13H,1-2,5-6,9-11H2,(H,21,26)(H,23,25). The zero-order chi connectivity index (χ0) is 19.5. The normalized spacial score (nSPS) is 14.6. The monoisotopic (exact) mass is 382 g/mol. The van der Waals surface area contributed by atoms with E-state index in [1.165, 1.54) is 10.9 Å². The Morgan fingerprint density at radius 3 is 2.79 bits per heavy atom. The smallest absolute Gasteiger partial charge is 0.297 e. The first-order valence-corrected chi connectivity index (χ1v) is 9.54. The van der Waals surface area contributed by atoms with Gasteiger partial charge in [0.15, 0.2) is 0 Å². The lowest BCUT2D eigenvalue weighted by Gasteiger charge is -2.12. The number of para-hydroxylation sites is 1. The summed E-state index contributed by atoms with van der Waals surface area (Å²) in [5.41, 5.74) is 0.793. The van der Waals surface area contributed by atoms with E-state index in [1.54, 1.807) is 6.07 Å². The number of carbonyl (C=O) groups is 2. The molecule has 3 aromatic rings. The predicted octanol–water partition coefficient (Wildman–Crippen LogP) is 1.71. The molecule has 0 unspecified atom stereocenters. The van der Waals surface area contributed by atoms with Crippen LogP contribution in [0.25, 0.3) is 22.1 Å². The van der Waals surface area contributed by atoms with Gasteiger partial charge in [-0.2, -0.15) is 0 Å². The highest BCUT2D eigenvalue weighted by Gasteiger charge is 2.17. The Kier molecular flexibility index (Phi) is 5.10. The molecule has 8 heteroatoms. The van der Waals surface area contributed by atoms with E-state index in [2.05, 4.69) is 15.6 Å². The van der Waals surface area contributed by atoms with Gasteiger partial charge < -0.3 is 15.1 Å². The molecule has 0 aliphatic heterocycles. The maximum atomic E-state index is 12.6. The van der Waals surface area contributed by atoms with Crippen LogP contribution in [-0.4, -0.2) is 34.0 Å². The summed E-state index contributed by atoms with van der Waals surface area (Å²) in [6, 6.07) is 7.54. The highest BCUT2D eigenvalue weighted by Crippen LogP contribution is 2.24. The molecule has 0 atom stereocenters. The van der Waals surface area contributed by atoms with Gasteiger partial charge in [-0.05, 0) is 25.0 Å². The molecular weight excluding hydrogens is 360 g/mol. The van der Waals surface area contributed by atoms with Crippen LogP contribution in [0.3, 0.4) is 0 Å². The van der Waals surface area contributed by atoms with Gasteiger partial charge in [0.25, 0.3) is 5.56 Å². The van der Waals surface area contributed by atoms with Crippen LogP contribution < -0.4 is 16.2 Å². The average Bonchev–Trinajstić information content (AvgIpc) is 3.32. The summed E-state index contributed by atoms with van der Waals surface area (Å²) in [6.07, 6.45) is 5.92. The Morgan fingerprint density at radius 2 is 1.96 bits per heavy atom. The molecule has 0 bridgehead atoms. The third-order valence-electron chi connectivity index (χ3n) is 5.06. The second-order valence-electron chi connectivity index (χ2n) is 7.10. The molecule has 1 aliphatic rings. The summed E-state index contributed by atoms with van der Waals surface area (Å²) in [5, 5.41) is 6.41. The number of hydrogen-bond acceptors (Lipinski definition) is 5. The van der Waals surface area contributed by atoms with Crippen molar-refractivity contribution >= 4 is 33.9 Å². The maximum Gasteiger partial charge on any atom is 0.297 e. The topological polar surface area (TPSA) is 106 Å². The van der Waals surface area contributed by atoms with Crippen LogP contribution in [0.5, 0.6) is 0 Å². The number of carbonyl (C=O) groups excluding carboxylic acids is 2. The lowest BCUT2D eigenvalue weighted by Crippen LogP contribution is -2.37. The summed E-state index contributed by atoms with van der Waals surface area (Å²) < 4.78 is 6.81. The van der Waals surface area contributed by atoms with E-state index in [0.717, 1.165) is 31.1 Å². The molecule has 28 heavy (non-hydrogen) atoms. The third-order valence-corrected chi connectivity index (χ3v) is 5.06. The molecular formula is C20H22N4O4. The van der Waals surface area contributed by atoms with E-state index < -0.39 is 5.56 Å². The lowest BCUT2D eigenvalue weighted by atomic mass is 10.2. The number of fused-ring (bicyclic) bond motifs is 3. The molecule has 2 N–H and O–H groups in total. The van der Waals surface area contributed by atoms with Crippen LogP contribution in [0.2, 0.25) is 0 Å². The van der Waals surface area contributed by atoms with E-state index in [-0.39, 0.29) is 42.9 Å². The lowest BCUT2D eigenvalue weighted by molar-refractivity contribution is -0.123. The van der Waals surface area contributed by atoms with Crippen molar-refractivity contribution < 1.29 is 14.0 Å². The van der Waals surface area contributed by atoms with Crippen molar-refractivity contribution in [2.45, 2.75) is 44.7 Å². The molecule has 0 saturated heterocycles. The molecule has 1 saturated carbocycles. The van der Waals surface area contributed by atoms with Crippen LogP contribution >= 0.6 is 0 Å². The molecule has 8 nitrogen and oxygen atoms in total. The van der Waals surface area contributed by atoms with Crippen LogP contribution in [0.4, 0.5) is 0 Å². The van der Waals surface area contributed by atoms with Gasteiger partial charge in [-0.25, -0.2) is 4.98 Å². The van der Waals surface area contributed by atoms with Crippen molar-refractivity contribution in [3.8, 4) is 0 Å². The summed E-state index contributed by atoms with van der Waals surface area (Å²) in [5.74, 6) is -0.414. The fourth-order valence-electron chi connectivity index (χ4n) is 3.62. The van der Waals surface area contributed by atoms with Gasteiger partial charge in [-0.15, -0.1) is 0 Å². The van der Waals surface area contributed by atoms with E-state index in [1.807, 2.05) is 18.2 Å². The Balaban J connectivity index is 1.35. The van der Waals surface area contributed by atoms with Gasteiger partial charge in [0, 0.05) is 24.4 Å². The van der Waals surface area contributed by atoms with Gasteiger partial charge in [-0.3, -0.25) is 19.0 Å². The second kappa shape index (κ2) is 7.84. The highest BCUT2D eigenvalue weighted by atomic mass is 16.3. The second-order valence-corrected chi connectivity index (χ2v) is 7.10. The minimum absolute atomic E-state index is 0.0604. The Morgan fingerprint density at radius 1 is 1.18 bits per heavy atom. The number of nitrogens with one attached hydrogen (secondary N) is 2. The SMILES string of the molecule is O=C(Cn1cnc2c(oc3ccccc32)c1=O)NCCC(=O)NC1CCCC1. The first-order chi connectivity index (χ1) is 13.6. The molecule has 0 spiro atoms. The number of rotatable bonds is 6. The third kappa shape index (κ3) is 3.76. The number of hydrogen-bond donors (Lipinski definition) is 2. The molecule has 0 radical (unpaired) electrons. The molecule has 1 fully saturated rings. The first kappa shape index (κ1) is 18.2. The number of aromatic nitrogens is 2. The summed E-state index contributed by atoms with van der Waals surface area (Å²) >= 11 is 0. The minimum Gasteiger partial charge on any atom is -0.448 e. The fraction of sp³-hybridized carbons (Fsp3) is 0.400. The van der Waals surface area contributed by atoms with Crippen molar-refractivity contribution in [3.63, 3.8) is 0 Å². The van der Waals surface area contributed by atoms with Gasteiger partial charge in [0.05, 0.1) is 6.33 Å². The largest absolute Gasteiger partial charge is 0.448 e. The van der Waals surface area contributed by atoms with Gasteiger partial charge >= 0.3 is 0 Å². The Hall–Kier alpha value is -3.16. The minimum atomic E-state index is -0.407. The van der Waals surface area contributed by atoms with Crippen LogP contribution in [0, 0.1) is 0 Å².